The van der Waals surface area contributed by atoms with E-state index in [0.29, 0.717) is 22.7 Å². The molecular weight excluding hydrogens is 312 g/mol. The van der Waals surface area contributed by atoms with Gasteiger partial charge in [0.25, 0.3) is 5.69 Å². The maximum atomic E-state index is 12.0. The fraction of sp³-hybridized carbons (Fsp3) is 0.118. The van der Waals surface area contributed by atoms with Gasteiger partial charge in [-0.3, -0.25) is 14.9 Å². The van der Waals surface area contributed by atoms with E-state index in [1.807, 2.05) is 0 Å². The molecule has 0 spiro atoms. The van der Waals surface area contributed by atoms with Crippen LogP contribution < -0.4 is 14.8 Å². The summed E-state index contributed by atoms with van der Waals surface area (Å²) in [4.78, 5) is 22.4. The van der Waals surface area contributed by atoms with Crippen molar-refractivity contribution in [2.45, 2.75) is 6.92 Å². The Bertz CT molecular complexity index is 845. The minimum absolute atomic E-state index is 0.0347. The first-order chi connectivity index (χ1) is 11.5. The van der Waals surface area contributed by atoms with Gasteiger partial charge in [0.2, 0.25) is 12.7 Å². The molecule has 3 rings (SSSR count). The van der Waals surface area contributed by atoms with Crippen LogP contribution in [0.4, 0.5) is 11.4 Å². The number of amides is 1. The summed E-state index contributed by atoms with van der Waals surface area (Å²) in [5.41, 5.74) is 1.65. The molecule has 7 heteroatoms. The van der Waals surface area contributed by atoms with E-state index in [2.05, 4.69) is 5.32 Å². The van der Waals surface area contributed by atoms with Gasteiger partial charge in [-0.15, -0.1) is 0 Å². The van der Waals surface area contributed by atoms with Crippen molar-refractivity contribution in [2.75, 3.05) is 12.1 Å². The highest BCUT2D eigenvalue weighted by Gasteiger charge is 2.13. The molecule has 0 aromatic heterocycles. The molecule has 1 amide bonds. The fourth-order valence-electron chi connectivity index (χ4n) is 2.26. The van der Waals surface area contributed by atoms with Gasteiger partial charge in [-0.05, 0) is 36.8 Å². The second-order valence-corrected chi connectivity index (χ2v) is 5.19. The van der Waals surface area contributed by atoms with E-state index < -0.39 is 4.92 Å². The SMILES string of the molecule is Cc1ccc(NC(=O)/C=C\c2ccc3c(c2)OCO3)cc1[N+](=O)[O-]. The lowest BCUT2D eigenvalue weighted by Crippen LogP contribution is -2.08. The number of rotatable bonds is 4. The Labute approximate surface area is 137 Å². The number of nitro groups is 1. The number of ether oxygens (including phenoxy) is 2. The minimum Gasteiger partial charge on any atom is -0.454 e. The maximum Gasteiger partial charge on any atom is 0.274 e. The van der Waals surface area contributed by atoms with Crippen molar-refractivity contribution in [2.24, 2.45) is 0 Å². The van der Waals surface area contributed by atoms with Crippen molar-refractivity contribution in [3.8, 4) is 11.5 Å². The van der Waals surface area contributed by atoms with Crippen LogP contribution in [-0.4, -0.2) is 17.6 Å². The molecule has 0 saturated carbocycles. The van der Waals surface area contributed by atoms with Gasteiger partial charge in [0.05, 0.1) is 4.92 Å². The highest BCUT2D eigenvalue weighted by atomic mass is 16.7. The van der Waals surface area contributed by atoms with E-state index in [0.717, 1.165) is 5.56 Å². The molecule has 1 aliphatic rings. The average molecular weight is 326 g/mol. The van der Waals surface area contributed by atoms with Gasteiger partial charge in [0, 0.05) is 23.4 Å². The molecule has 1 heterocycles. The normalized spacial score (nSPS) is 12.4. The summed E-state index contributed by atoms with van der Waals surface area (Å²) in [5.74, 6) is 0.918. The Hall–Kier alpha value is -3.35. The summed E-state index contributed by atoms with van der Waals surface area (Å²) < 4.78 is 10.5. The maximum absolute atomic E-state index is 12.0. The van der Waals surface area contributed by atoms with Crippen LogP contribution in [0.2, 0.25) is 0 Å². The summed E-state index contributed by atoms with van der Waals surface area (Å²) in [6, 6.07) is 9.88. The second kappa shape index (κ2) is 6.41. The van der Waals surface area contributed by atoms with Gasteiger partial charge in [-0.2, -0.15) is 0 Å². The van der Waals surface area contributed by atoms with E-state index in [4.69, 9.17) is 9.47 Å². The van der Waals surface area contributed by atoms with Crippen LogP contribution in [0.3, 0.4) is 0 Å². The Morgan fingerprint density at radius 2 is 2.00 bits per heavy atom. The van der Waals surface area contributed by atoms with Crippen LogP contribution in [0.1, 0.15) is 11.1 Å². The van der Waals surface area contributed by atoms with Crippen LogP contribution in [0.25, 0.3) is 6.08 Å². The molecule has 0 saturated heterocycles. The summed E-state index contributed by atoms with van der Waals surface area (Å²) in [6.07, 6.45) is 2.98. The molecule has 1 aliphatic heterocycles. The van der Waals surface area contributed by atoms with Gasteiger partial charge in [0.15, 0.2) is 11.5 Å². The number of nitro benzene ring substituents is 1. The van der Waals surface area contributed by atoms with Crippen molar-refractivity contribution in [1.82, 2.24) is 0 Å². The molecular formula is C17H14N2O5. The zero-order chi connectivity index (χ0) is 17.1. The summed E-state index contributed by atoms with van der Waals surface area (Å²) in [6.45, 7) is 1.83. The Kier molecular flexibility index (Phi) is 4.15. The molecule has 1 N–H and O–H groups in total. The number of hydrogen-bond donors (Lipinski definition) is 1. The van der Waals surface area contributed by atoms with Crippen molar-refractivity contribution in [3.05, 3.63) is 63.7 Å². The van der Waals surface area contributed by atoms with E-state index >= 15 is 0 Å². The Morgan fingerprint density at radius 3 is 2.79 bits per heavy atom. The van der Waals surface area contributed by atoms with Crippen LogP contribution in [0.5, 0.6) is 11.5 Å². The zero-order valence-electron chi connectivity index (χ0n) is 12.8. The van der Waals surface area contributed by atoms with Gasteiger partial charge in [0.1, 0.15) is 0 Å². The third-order valence-electron chi connectivity index (χ3n) is 3.50. The van der Waals surface area contributed by atoms with E-state index in [-0.39, 0.29) is 18.4 Å². The monoisotopic (exact) mass is 326 g/mol. The first-order valence-electron chi connectivity index (χ1n) is 7.17. The standard InChI is InChI=1S/C17H14N2O5/c1-11-2-5-13(9-14(11)19(21)22)18-17(20)7-4-12-3-6-15-16(8-12)24-10-23-15/h2-9H,10H2,1H3,(H,18,20)/b7-4-. The van der Waals surface area contributed by atoms with E-state index in [1.54, 1.807) is 43.3 Å². The molecule has 0 aliphatic carbocycles. The fourth-order valence-corrected chi connectivity index (χ4v) is 2.26. The topological polar surface area (TPSA) is 90.7 Å². The first kappa shape index (κ1) is 15.5. The highest BCUT2D eigenvalue weighted by molar-refractivity contribution is 6.02. The molecule has 0 fully saturated rings. The molecule has 2 aromatic rings. The number of nitrogens with one attached hydrogen (secondary N) is 1. The number of benzene rings is 2. The number of anilines is 1. The molecule has 122 valence electrons. The van der Waals surface area contributed by atoms with Crippen LogP contribution in [0, 0.1) is 17.0 Å². The number of carbonyl (C=O) groups excluding carboxylic acids is 1. The van der Waals surface area contributed by atoms with Crippen LogP contribution in [0.15, 0.2) is 42.5 Å². The summed E-state index contributed by atoms with van der Waals surface area (Å²) in [5, 5.41) is 13.5. The summed E-state index contributed by atoms with van der Waals surface area (Å²) in [7, 11) is 0. The van der Waals surface area contributed by atoms with E-state index in [1.165, 1.54) is 12.1 Å². The van der Waals surface area contributed by atoms with Crippen molar-refractivity contribution in [1.29, 1.82) is 0 Å². The first-order valence-corrected chi connectivity index (χ1v) is 7.17. The van der Waals surface area contributed by atoms with Gasteiger partial charge >= 0.3 is 0 Å². The molecule has 0 unspecified atom stereocenters. The second-order valence-electron chi connectivity index (χ2n) is 5.19. The predicted octanol–water partition coefficient (Wildman–Crippen LogP) is 3.28. The quantitative estimate of drug-likeness (QED) is 0.529. The number of hydrogen-bond acceptors (Lipinski definition) is 5. The van der Waals surface area contributed by atoms with Crippen LogP contribution in [-0.2, 0) is 4.79 Å². The Balaban J connectivity index is 1.69. The third kappa shape index (κ3) is 3.35. The van der Waals surface area contributed by atoms with Gasteiger partial charge in [-0.25, -0.2) is 0 Å². The molecule has 0 atom stereocenters. The number of aryl methyl sites for hydroxylation is 1. The van der Waals surface area contributed by atoms with Crippen molar-refractivity contribution in [3.63, 3.8) is 0 Å². The molecule has 0 bridgehead atoms. The predicted molar refractivity (Wildman–Crippen MR) is 88.1 cm³/mol. The Morgan fingerprint density at radius 1 is 1.21 bits per heavy atom. The lowest BCUT2D eigenvalue weighted by Gasteiger charge is -2.04. The summed E-state index contributed by atoms with van der Waals surface area (Å²) >= 11 is 0. The molecule has 24 heavy (non-hydrogen) atoms. The third-order valence-corrected chi connectivity index (χ3v) is 3.50. The van der Waals surface area contributed by atoms with E-state index in [9.17, 15) is 14.9 Å². The number of fused-ring (bicyclic) bond motifs is 1. The smallest absolute Gasteiger partial charge is 0.274 e. The number of nitrogens with zero attached hydrogens (tertiary/aromatic N) is 1. The number of carbonyl (C=O) groups is 1. The van der Waals surface area contributed by atoms with Gasteiger partial charge in [-0.1, -0.05) is 12.1 Å². The van der Waals surface area contributed by atoms with Crippen molar-refractivity contribution < 1.29 is 19.2 Å². The molecule has 0 radical (unpaired) electrons. The lowest BCUT2D eigenvalue weighted by molar-refractivity contribution is -0.385. The highest BCUT2D eigenvalue weighted by Crippen LogP contribution is 2.32. The average Bonchev–Trinajstić information content (AvgIpc) is 3.02. The van der Waals surface area contributed by atoms with Crippen molar-refractivity contribution >= 4 is 23.4 Å². The largest absolute Gasteiger partial charge is 0.454 e. The van der Waals surface area contributed by atoms with Crippen LogP contribution >= 0.6 is 0 Å². The minimum atomic E-state index is -0.479. The molecule has 2 aromatic carbocycles. The van der Waals surface area contributed by atoms with Gasteiger partial charge < -0.3 is 14.8 Å². The zero-order valence-corrected chi connectivity index (χ0v) is 12.8. The lowest BCUT2D eigenvalue weighted by atomic mass is 10.1. The molecule has 7 nitrogen and oxygen atoms in total.